The van der Waals surface area contributed by atoms with E-state index in [0.29, 0.717) is 82.6 Å². The molecular weight excluding hydrogens is 729 g/mol. The van der Waals surface area contributed by atoms with E-state index in [4.69, 9.17) is 42.9 Å². The Labute approximate surface area is 322 Å². The topological polar surface area (TPSA) is 156 Å². The first kappa shape index (κ1) is 35.7. The largest absolute Gasteiger partial charge is 0.481 e. The molecule has 54 heavy (non-hydrogen) atoms. The van der Waals surface area contributed by atoms with Crippen LogP contribution in [0.2, 0.25) is 10.0 Å². The van der Waals surface area contributed by atoms with Crippen molar-refractivity contribution in [3.63, 3.8) is 0 Å². The van der Waals surface area contributed by atoms with Crippen molar-refractivity contribution < 1.29 is 14.3 Å². The van der Waals surface area contributed by atoms with Gasteiger partial charge in [0.05, 0.1) is 45.6 Å². The van der Waals surface area contributed by atoms with Crippen LogP contribution in [0.1, 0.15) is 46.1 Å². The molecule has 2 amide bonds. The minimum Gasteiger partial charge on any atom is -0.481 e. The molecule has 4 aromatic heterocycles. The predicted molar refractivity (Wildman–Crippen MR) is 207 cm³/mol. The van der Waals surface area contributed by atoms with Gasteiger partial charge >= 0.3 is 0 Å². The number of imidazole rings is 2. The number of anilines is 2. The van der Waals surface area contributed by atoms with Crippen LogP contribution >= 0.6 is 23.2 Å². The zero-order valence-corrected chi connectivity index (χ0v) is 31.3. The number of fused-ring (bicyclic) bond motifs is 2. The summed E-state index contributed by atoms with van der Waals surface area (Å²) in [4.78, 5) is 46.3. The summed E-state index contributed by atoms with van der Waals surface area (Å²) in [5.41, 5.74) is 6.40. The van der Waals surface area contributed by atoms with Crippen molar-refractivity contribution >= 4 is 52.9 Å². The Balaban J connectivity index is 0.967. The van der Waals surface area contributed by atoms with E-state index in [1.807, 2.05) is 46.8 Å². The third-order valence-electron chi connectivity index (χ3n) is 9.94. The highest BCUT2D eigenvalue weighted by Gasteiger charge is 2.27. The molecule has 14 nitrogen and oxygen atoms in total. The van der Waals surface area contributed by atoms with Crippen LogP contribution in [0.5, 0.6) is 5.88 Å². The normalized spacial score (nSPS) is 16.4. The maximum absolute atomic E-state index is 13.7. The lowest BCUT2D eigenvalue weighted by molar-refractivity contribution is -0.119. The number of ether oxygens (including phenoxy) is 1. The fraction of sp³-hybridized carbons (Fsp3) is 0.316. The third-order valence-corrected chi connectivity index (χ3v) is 10.7. The predicted octanol–water partition coefficient (Wildman–Crippen LogP) is 5.13. The van der Waals surface area contributed by atoms with Gasteiger partial charge in [-0.25, -0.2) is 15.0 Å². The van der Waals surface area contributed by atoms with Crippen LogP contribution in [0.25, 0.3) is 28.7 Å². The summed E-state index contributed by atoms with van der Waals surface area (Å²) < 4.78 is 9.49. The number of carbonyl (C=O) groups is 2. The maximum atomic E-state index is 13.7. The Bertz CT molecular complexity index is 2280. The van der Waals surface area contributed by atoms with Crippen LogP contribution in [0.4, 0.5) is 11.6 Å². The summed E-state index contributed by atoms with van der Waals surface area (Å²) in [5.74, 6) is 1.32. The molecule has 7 heterocycles. The van der Waals surface area contributed by atoms with Gasteiger partial charge in [0.15, 0.2) is 5.82 Å². The highest BCUT2D eigenvalue weighted by molar-refractivity contribution is 6.39. The van der Waals surface area contributed by atoms with Crippen molar-refractivity contribution in [2.45, 2.75) is 44.9 Å². The number of nitrogens with one attached hydrogen (secondary N) is 4. The highest BCUT2D eigenvalue weighted by Crippen LogP contribution is 2.40. The summed E-state index contributed by atoms with van der Waals surface area (Å²) in [6.45, 7) is 4.07. The molecular formula is C38H39Cl2N11O3. The van der Waals surface area contributed by atoms with Crippen molar-refractivity contribution in [3.8, 4) is 28.4 Å². The molecule has 3 aliphatic rings. The first-order valence-corrected chi connectivity index (χ1v) is 18.6. The Morgan fingerprint density at radius 2 is 1.96 bits per heavy atom. The lowest BCUT2D eigenvalue weighted by atomic mass is 10.1. The molecule has 0 aliphatic carbocycles. The molecule has 1 unspecified atom stereocenters. The monoisotopic (exact) mass is 767 g/mol. The molecule has 5 aromatic rings. The molecule has 1 fully saturated rings. The zero-order chi connectivity index (χ0) is 37.3. The minimum atomic E-state index is -0.371. The number of nitrogens with zero attached hydrogens (tertiary/aromatic N) is 7. The Morgan fingerprint density at radius 1 is 1.07 bits per heavy atom. The number of carbonyl (C=O) groups excluding carboxylic acids is 2. The summed E-state index contributed by atoms with van der Waals surface area (Å²) in [6, 6.07) is 11.1. The second-order valence-electron chi connectivity index (χ2n) is 13.5. The Hall–Kier alpha value is -5.28. The quantitative estimate of drug-likeness (QED) is 0.142. The zero-order valence-electron chi connectivity index (χ0n) is 29.8. The number of hydrogen-bond acceptors (Lipinski definition) is 10. The average Bonchev–Trinajstić information content (AvgIpc) is 3.88. The fourth-order valence-electron chi connectivity index (χ4n) is 7.19. The first-order valence-electron chi connectivity index (χ1n) is 17.8. The average molecular weight is 769 g/mol. The van der Waals surface area contributed by atoms with Crippen LogP contribution < -0.4 is 26.0 Å². The third kappa shape index (κ3) is 7.17. The van der Waals surface area contributed by atoms with Crippen LogP contribution in [-0.2, 0) is 37.9 Å². The van der Waals surface area contributed by atoms with Gasteiger partial charge in [0, 0.05) is 106 Å². The summed E-state index contributed by atoms with van der Waals surface area (Å²) in [7, 11) is 3.44. The number of methoxy groups -OCH3 is 1. The number of rotatable bonds is 11. The number of hydrogen-bond donors (Lipinski definition) is 4. The smallest absolute Gasteiger partial charge is 0.291 e. The van der Waals surface area contributed by atoms with E-state index in [0.717, 1.165) is 54.5 Å². The maximum Gasteiger partial charge on any atom is 0.291 e. The van der Waals surface area contributed by atoms with Gasteiger partial charge < -0.3 is 30.6 Å². The minimum absolute atomic E-state index is 0.0866. The Kier molecular flexibility index (Phi) is 10.1. The summed E-state index contributed by atoms with van der Waals surface area (Å²) >= 11 is 14.0. The van der Waals surface area contributed by atoms with Crippen molar-refractivity contribution in [1.82, 2.24) is 44.6 Å². The number of amides is 2. The van der Waals surface area contributed by atoms with Crippen LogP contribution in [0.3, 0.4) is 0 Å². The standard InChI is InChI=1S/C38H39Cl2N11O3/c1-49-30-12-16-50(19-24-20-51-15-4-13-43-38(51)45-24)21-29(30)46-35(49)36(53)47-28-6-3-5-26(32(28)39)34-33(40)25(11-14-42-34)27-9-7-22(37(48-27)54-2)17-41-18-23-8-10-31(52)44-23/h3-7,9,11,14-15,20,23,41H,8,10,12-13,16-19,21H2,1-2H3,(H,43,45)(H,44,52)(H,47,53). The molecule has 3 aliphatic heterocycles. The van der Waals surface area contributed by atoms with Gasteiger partial charge in [0.1, 0.15) is 0 Å². The summed E-state index contributed by atoms with van der Waals surface area (Å²) in [5, 5.41) is 13.2. The molecule has 278 valence electrons. The van der Waals surface area contributed by atoms with E-state index in [1.54, 1.807) is 31.5 Å². The second-order valence-corrected chi connectivity index (χ2v) is 14.3. The van der Waals surface area contributed by atoms with Gasteiger partial charge in [-0.2, -0.15) is 0 Å². The molecule has 0 radical (unpaired) electrons. The number of pyridine rings is 2. The van der Waals surface area contributed by atoms with E-state index < -0.39 is 0 Å². The number of aromatic nitrogens is 6. The van der Waals surface area contributed by atoms with Gasteiger partial charge in [-0.15, -0.1) is 0 Å². The van der Waals surface area contributed by atoms with Crippen molar-refractivity contribution in [2.24, 2.45) is 7.05 Å². The van der Waals surface area contributed by atoms with Gasteiger partial charge in [0.2, 0.25) is 17.7 Å². The van der Waals surface area contributed by atoms with Crippen molar-refractivity contribution in [3.05, 3.63) is 93.4 Å². The van der Waals surface area contributed by atoms with E-state index in [1.165, 1.54) is 0 Å². The molecule has 1 atom stereocenters. The molecule has 8 rings (SSSR count). The van der Waals surface area contributed by atoms with Gasteiger partial charge in [-0.1, -0.05) is 41.4 Å². The van der Waals surface area contributed by atoms with Crippen LogP contribution in [0, 0.1) is 0 Å². The summed E-state index contributed by atoms with van der Waals surface area (Å²) in [6.07, 6.45) is 9.89. The fourth-order valence-corrected chi connectivity index (χ4v) is 7.76. The Morgan fingerprint density at radius 3 is 2.78 bits per heavy atom. The van der Waals surface area contributed by atoms with Crippen LogP contribution in [-0.4, -0.2) is 78.6 Å². The van der Waals surface area contributed by atoms with Gasteiger partial charge in [-0.3, -0.25) is 24.0 Å². The van der Waals surface area contributed by atoms with Crippen molar-refractivity contribution in [2.75, 3.05) is 37.4 Å². The lowest BCUT2D eigenvalue weighted by Crippen LogP contribution is -2.35. The van der Waals surface area contributed by atoms with E-state index in [-0.39, 0.29) is 17.9 Å². The van der Waals surface area contributed by atoms with Gasteiger partial charge in [0.25, 0.3) is 5.91 Å². The SMILES string of the molecule is COc1nc(-c2ccnc(-c3cccc(NC(=O)c4nc5c(n4C)CCN(Cc4cn6c(n4)NCC=C6)C5)c3Cl)c2Cl)ccc1CNCC1CCC(=O)N1. The molecule has 0 saturated carbocycles. The van der Waals surface area contributed by atoms with E-state index in [9.17, 15) is 9.59 Å². The van der Waals surface area contributed by atoms with Gasteiger partial charge in [-0.05, 0) is 30.7 Å². The number of halogens is 2. The lowest BCUT2D eigenvalue weighted by Gasteiger charge is -2.25. The second kappa shape index (κ2) is 15.2. The molecule has 0 bridgehead atoms. The molecule has 1 saturated heterocycles. The van der Waals surface area contributed by atoms with Crippen LogP contribution in [0.15, 0.2) is 54.9 Å². The van der Waals surface area contributed by atoms with Crippen molar-refractivity contribution in [1.29, 1.82) is 0 Å². The molecule has 1 aromatic carbocycles. The molecule has 4 N–H and O–H groups in total. The van der Waals surface area contributed by atoms with E-state index in [2.05, 4.69) is 37.2 Å². The highest BCUT2D eigenvalue weighted by atomic mass is 35.5. The van der Waals surface area contributed by atoms with E-state index >= 15 is 0 Å². The number of benzene rings is 1. The molecule has 16 heteroatoms. The first-order chi connectivity index (χ1) is 26.2. The molecule has 0 spiro atoms.